The van der Waals surface area contributed by atoms with Crippen LogP contribution in [0, 0.1) is 6.92 Å². The summed E-state index contributed by atoms with van der Waals surface area (Å²) in [5, 5.41) is 0. The molecule has 1 aromatic heterocycles. The second-order valence-electron chi connectivity index (χ2n) is 2.90. The lowest BCUT2D eigenvalue weighted by Crippen LogP contribution is -2.08. The fraction of sp³-hybridized carbons (Fsp3) is 0.500. The van der Waals surface area contributed by atoms with Crippen molar-refractivity contribution in [3.05, 3.63) is 23.5 Å². The van der Waals surface area contributed by atoms with Crippen molar-refractivity contribution in [2.45, 2.75) is 13.2 Å². The average Bonchev–Trinajstić information content (AvgIpc) is 2.21. The molecule has 0 saturated carbocycles. The summed E-state index contributed by atoms with van der Waals surface area (Å²) in [5.41, 5.74) is 1.69. The van der Waals surface area contributed by atoms with Crippen LogP contribution in [-0.2, 0) is 9.47 Å². The van der Waals surface area contributed by atoms with E-state index in [0.29, 0.717) is 11.4 Å². The third-order valence-electron chi connectivity index (χ3n) is 1.89. The van der Waals surface area contributed by atoms with Gasteiger partial charge < -0.3 is 14.2 Å². The Bertz CT molecular complexity index is 297. The Morgan fingerprint density at radius 3 is 2.36 bits per heavy atom. The highest BCUT2D eigenvalue weighted by atomic mass is 16.7. The maximum absolute atomic E-state index is 5.19. The summed E-state index contributed by atoms with van der Waals surface area (Å²) >= 11 is 0. The predicted molar refractivity (Wildman–Crippen MR) is 52.3 cm³/mol. The predicted octanol–water partition coefficient (Wildman–Crippen LogP) is 1.69. The Labute approximate surface area is 83.8 Å². The second-order valence-corrected chi connectivity index (χ2v) is 2.90. The largest absolute Gasteiger partial charge is 0.495 e. The molecule has 0 atom stereocenters. The van der Waals surface area contributed by atoms with Crippen LogP contribution >= 0.6 is 0 Å². The van der Waals surface area contributed by atoms with E-state index in [1.165, 1.54) is 0 Å². The van der Waals surface area contributed by atoms with Gasteiger partial charge in [0.2, 0.25) is 6.29 Å². The minimum atomic E-state index is -0.481. The summed E-state index contributed by atoms with van der Waals surface area (Å²) in [6, 6.07) is 1.90. The zero-order chi connectivity index (χ0) is 10.6. The van der Waals surface area contributed by atoms with E-state index in [1.54, 1.807) is 27.5 Å². The van der Waals surface area contributed by atoms with Crippen LogP contribution in [0.5, 0.6) is 5.75 Å². The first kappa shape index (κ1) is 10.9. The molecular formula is C10H15NO3. The van der Waals surface area contributed by atoms with Gasteiger partial charge in [-0.3, -0.25) is 4.98 Å². The normalized spacial score (nSPS) is 10.6. The summed E-state index contributed by atoms with van der Waals surface area (Å²) in [4.78, 5) is 4.22. The SMILES string of the molecule is COc1cc(C)cnc1C(OC)OC. The van der Waals surface area contributed by atoms with Crippen molar-refractivity contribution in [2.24, 2.45) is 0 Å². The number of rotatable bonds is 4. The van der Waals surface area contributed by atoms with Gasteiger partial charge >= 0.3 is 0 Å². The van der Waals surface area contributed by atoms with Crippen LogP contribution in [0.1, 0.15) is 17.5 Å². The lowest BCUT2D eigenvalue weighted by atomic mass is 10.2. The lowest BCUT2D eigenvalue weighted by molar-refractivity contribution is -0.109. The third-order valence-corrected chi connectivity index (χ3v) is 1.89. The van der Waals surface area contributed by atoms with Gasteiger partial charge in [-0.05, 0) is 18.6 Å². The van der Waals surface area contributed by atoms with Crippen LogP contribution in [0.2, 0.25) is 0 Å². The monoisotopic (exact) mass is 197 g/mol. The molecule has 0 radical (unpaired) electrons. The Balaban J connectivity index is 3.06. The summed E-state index contributed by atoms with van der Waals surface area (Å²) in [5.74, 6) is 0.679. The van der Waals surface area contributed by atoms with Gasteiger partial charge in [-0.15, -0.1) is 0 Å². The zero-order valence-electron chi connectivity index (χ0n) is 8.90. The van der Waals surface area contributed by atoms with Crippen LogP contribution < -0.4 is 4.74 Å². The van der Waals surface area contributed by atoms with Crippen LogP contribution in [0.25, 0.3) is 0 Å². The van der Waals surface area contributed by atoms with Crippen molar-refractivity contribution in [1.29, 1.82) is 0 Å². The number of hydrogen-bond acceptors (Lipinski definition) is 4. The second kappa shape index (κ2) is 4.93. The molecule has 4 nitrogen and oxygen atoms in total. The highest BCUT2D eigenvalue weighted by molar-refractivity contribution is 5.31. The van der Waals surface area contributed by atoms with E-state index in [1.807, 2.05) is 13.0 Å². The van der Waals surface area contributed by atoms with Crippen LogP contribution in [0.4, 0.5) is 0 Å². The molecule has 0 fully saturated rings. The molecule has 0 aliphatic heterocycles. The van der Waals surface area contributed by atoms with Crippen molar-refractivity contribution in [3.8, 4) is 5.75 Å². The van der Waals surface area contributed by atoms with E-state index >= 15 is 0 Å². The molecule has 4 heteroatoms. The minimum absolute atomic E-state index is 0.481. The van der Waals surface area contributed by atoms with E-state index in [9.17, 15) is 0 Å². The number of hydrogen-bond donors (Lipinski definition) is 0. The summed E-state index contributed by atoms with van der Waals surface area (Å²) < 4.78 is 15.4. The molecule has 0 aliphatic rings. The molecular weight excluding hydrogens is 182 g/mol. The van der Waals surface area contributed by atoms with Crippen LogP contribution in [-0.4, -0.2) is 26.3 Å². The van der Waals surface area contributed by atoms with Gasteiger partial charge in [0.1, 0.15) is 11.4 Å². The number of aryl methyl sites for hydroxylation is 1. The maximum atomic E-state index is 5.19. The Hall–Kier alpha value is -1.13. The summed E-state index contributed by atoms with van der Waals surface area (Å²) in [7, 11) is 4.73. The number of aromatic nitrogens is 1. The van der Waals surface area contributed by atoms with E-state index in [4.69, 9.17) is 14.2 Å². The van der Waals surface area contributed by atoms with Gasteiger partial charge in [0.15, 0.2) is 0 Å². The smallest absolute Gasteiger partial charge is 0.204 e. The Kier molecular flexibility index (Phi) is 3.85. The fourth-order valence-electron chi connectivity index (χ4n) is 1.21. The molecule has 0 bridgehead atoms. The first-order chi connectivity index (χ1) is 6.72. The molecule has 0 aliphatic carbocycles. The standard InChI is InChI=1S/C10H15NO3/c1-7-5-8(12-2)9(11-6-7)10(13-3)14-4/h5-6,10H,1-4H3. The van der Waals surface area contributed by atoms with E-state index in [2.05, 4.69) is 4.98 Å². The molecule has 0 N–H and O–H groups in total. The molecule has 0 aromatic carbocycles. The molecule has 1 heterocycles. The summed E-state index contributed by atoms with van der Waals surface area (Å²) in [6.45, 7) is 1.95. The molecule has 0 unspecified atom stereocenters. The molecule has 0 saturated heterocycles. The fourth-order valence-corrected chi connectivity index (χ4v) is 1.21. The first-order valence-electron chi connectivity index (χ1n) is 4.29. The van der Waals surface area contributed by atoms with Crippen molar-refractivity contribution in [3.63, 3.8) is 0 Å². The Morgan fingerprint density at radius 2 is 1.86 bits per heavy atom. The van der Waals surface area contributed by atoms with Gasteiger partial charge in [0.25, 0.3) is 0 Å². The quantitative estimate of drug-likeness (QED) is 0.689. The minimum Gasteiger partial charge on any atom is -0.495 e. The molecule has 78 valence electrons. The number of pyridine rings is 1. The Morgan fingerprint density at radius 1 is 1.21 bits per heavy atom. The van der Waals surface area contributed by atoms with E-state index < -0.39 is 6.29 Å². The van der Waals surface area contributed by atoms with Gasteiger partial charge in [0, 0.05) is 20.4 Å². The zero-order valence-corrected chi connectivity index (χ0v) is 8.90. The van der Waals surface area contributed by atoms with Crippen LogP contribution in [0.15, 0.2) is 12.3 Å². The van der Waals surface area contributed by atoms with Crippen molar-refractivity contribution in [2.75, 3.05) is 21.3 Å². The molecule has 14 heavy (non-hydrogen) atoms. The van der Waals surface area contributed by atoms with Gasteiger partial charge in [0.05, 0.1) is 7.11 Å². The maximum Gasteiger partial charge on any atom is 0.204 e. The number of nitrogens with zero attached hydrogens (tertiary/aromatic N) is 1. The molecule has 0 amide bonds. The third kappa shape index (κ3) is 2.21. The lowest BCUT2D eigenvalue weighted by Gasteiger charge is -2.15. The van der Waals surface area contributed by atoms with Crippen molar-refractivity contribution < 1.29 is 14.2 Å². The van der Waals surface area contributed by atoms with Crippen LogP contribution in [0.3, 0.4) is 0 Å². The topological polar surface area (TPSA) is 40.6 Å². The number of ether oxygens (including phenoxy) is 3. The van der Waals surface area contributed by atoms with E-state index in [-0.39, 0.29) is 0 Å². The van der Waals surface area contributed by atoms with Gasteiger partial charge in [-0.2, -0.15) is 0 Å². The highest BCUT2D eigenvalue weighted by Crippen LogP contribution is 2.25. The summed E-state index contributed by atoms with van der Waals surface area (Å²) in [6.07, 6.45) is 1.27. The molecule has 1 aromatic rings. The van der Waals surface area contributed by atoms with Crippen molar-refractivity contribution in [1.82, 2.24) is 4.98 Å². The average molecular weight is 197 g/mol. The van der Waals surface area contributed by atoms with Gasteiger partial charge in [-0.1, -0.05) is 0 Å². The highest BCUT2D eigenvalue weighted by Gasteiger charge is 2.16. The molecule has 1 rings (SSSR count). The molecule has 0 spiro atoms. The first-order valence-corrected chi connectivity index (χ1v) is 4.29. The van der Waals surface area contributed by atoms with Gasteiger partial charge in [-0.25, -0.2) is 0 Å². The number of methoxy groups -OCH3 is 3. The van der Waals surface area contributed by atoms with E-state index in [0.717, 1.165) is 5.56 Å². The van der Waals surface area contributed by atoms with Crippen molar-refractivity contribution >= 4 is 0 Å².